The van der Waals surface area contributed by atoms with Crippen molar-refractivity contribution in [2.24, 2.45) is 0 Å². The third-order valence-corrected chi connectivity index (χ3v) is 3.92. The molecule has 1 amide bonds. The van der Waals surface area contributed by atoms with Crippen LogP contribution in [0.5, 0.6) is 5.75 Å². The quantitative estimate of drug-likeness (QED) is 0.554. The Morgan fingerprint density at radius 1 is 1.19 bits per heavy atom. The van der Waals surface area contributed by atoms with E-state index in [2.05, 4.69) is 15.6 Å². The van der Waals surface area contributed by atoms with Crippen molar-refractivity contribution in [1.82, 2.24) is 10.3 Å². The highest BCUT2D eigenvalue weighted by molar-refractivity contribution is 5.85. The summed E-state index contributed by atoms with van der Waals surface area (Å²) in [7, 11) is 0. The van der Waals surface area contributed by atoms with Gasteiger partial charge in [-0.05, 0) is 50.1 Å². The SMILES string of the molecule is CCOc1ccc(C(C)NC(=O)CCCNc2cccc(C(=O)O)n2)cc1. The van der Waals surface area contributed by atoms with Crippen LogP contribution in [0.2, 0.25) is 0 Å². The third kappa shape index (κ3) is 6.62. The van der Waals surface area contributed by atoms with Gasteiger partial charge in [-0.15, -0.1) is 0 Å². The number of carbonyl (C=O) groups excluding carboxylic acids is 1. The second-order valence-electron chi connectivity index (χ2n) is 6.03. The summed E-state index contributed by atoms with van der Waals surface area (Å²) in [6, 6.07) is 12.3. The zero-order valence-corrected chi connectivity index (χ0v) is 15.6. The zero-order valence-electron chi connectivity index (χ0n) is 15.6. The van der Waals surface area contributed by atoms with E-state index in [-0.39, 0.29) is 17.6 Å². The molecule has 0 aliphatic heterocycles. The van der Waals surface area contributed by atoms with Crippen molar-refractivity contribution in [2.45, 2.75) is 32.7 Å². The van der Waals surface area contributed by atoms with Crippen LogP contribution < -0.4 is 15.4 Å². The molecular formula is C20H25N3O4. The van der Waals surface area contributed by atoms with Gasteiger partial charge in [0.05, 0.1) is 12.6 Å². The summed E-state index contributed by atoms with van der Waals surface area (Å²) in [4.78, 5) is 27.0. The second-order valence-corrected chi connectivity index (χ2v) is 6.03. The number of carbonyl (C=O) groups is 2. The van der Waals surface area contributed by atoms with Crippen LogP contribution in [0.4, 0.5) is 5.82 Å². The lowest BCUT2D eigenvalue weighted by Gasteiger charge is -2.15. The first kappa shape index (κ1) is 20.2. The lowest BCUT2D eigenvalue weighted by Crippen LogP contribution is -2.26. The van der Waals surface area contributed by atoms with Gasteiger partial charge >= 0.3 is 5.97 Å². The van der Waals surface area contributed by atoms with Crippen LogP contribution in [0.1, 0.15) is 48.8 Å². The molecule has 1 unspecified atom stereocenters. The minimum Gasteiger partial charge on any atom is -0.494 e. The fourth-order valence-corrected chi connectivity index (χ4v) is 2.53. The van der Waals surface area contributed by atoms with Crippen molar-refractivity contribution in [3.8, 4) is 5.75 Å². The summed E-state index contributed by atoms with van der Waals surface area (Å²) >= 11 is 0. The van der Waals surface area contributed by atoms with Gasteiger partial charge < -0.3 is 20.5 Å². The summed E-state index contributed by atoms with van der Waals surface area (Å²) in [5.74, 6) is 0.191. The zero-order chi connectivity index (χ0) is 19.6. The van der Waals surface area contributed by atoms with E-state index in [1.165, 1.54) is 6.07 Å². The molecule has 1 aromatic heterocycles. The number of nitrogens with one attached hydrogen (secondary N) is 2. The Kier molecular flexibility index (Phi) is 7.61. The van der Waals surface area contributed by atoms with Crippen LogP contribution in [0.25, 0.3) is 0 Å². The van der Waals surface area contributed by atoms with Gasteiger partial charge in [-0.2, -0.15) is 0 Å². The van der Waals surface area contributed by atoms with Gasteiger partial charge in [0.1, 0.15) is 11.6 Å². The number of hydrogen-bond donors (Lipinski definition) is 3. The van der Waals surface area contributed by atoms with Gasteiger partial charge in [0.25, 0.3) is 0 Å². The van der Waals surface area contributed by atoms with Gasteiger partial charge in [0, 0.05) is 13.0 Å². The van der Waals surface area contributed by atoms with Crippen LogP contribution in [0.15, 0.2) is 42.5 Å². The monoisotopic (exact) mass is 371 g/mol. The maximum Gasteiger partial charge on any atom is 0.354 e. The Morgan fingerprint density at radius 2 is 1.93 bits per heavy atom. The van der Waals surface area contributed by atoms with E-state index in [1.807, 2.05) is 38.1 Å². The Labute approximate surface area is 158 Å². The standard InChI is InChI=1S/C20H25N3O4/c1-3-27-16-11-9-15(10-12-16)14(2)22-19(24)8-5-13-21-18-7-4-6-17(23-18)20(25)26/h4,6-7,9-12,14H,3,5,8,13H2,1-2H3,(H,21,23)(H,22,24)(H,25,26). The predicted octanol–water partition coefficient (Wildman–Crippen LogP) is 3.25. The Bertz CT molecular complexity index is 762. The molecule has 27 heavy (non-hydrogen) atoms. The summed E-state index contributed by atoms with van der Waals surface area (Å²) in [5.41, 5.74) is 1.00. The van der Waals surface area contributed by atoms with Crippen LogP contribution in [0, 0.1) is 0 Å². The molecule has 7 heteroatoms. The average Bonchev–Trinajstić information content (AvgIpc) is 2.66. The normalized spacial score (nSPS) is 11.5. The van der Waals surface area contributed by atoms with Crippen molar-refractivity contribution < 1.29 is 19.4 Å². The van der Waals surface area contributed by atoms with Crippen LogP contribution in [-0.2, 0) is 4.79 Å². The molecule has 1 atom stereocenters. The Hall–Kier alpha value is -3.09. The second kappa shape index (κ2) is 10.2. The predicted molar refractivity (Wildman–Crippen MR) is 103 cm³/mol. The number of hydrogen-bond acceptors (Lipinski definition) is 5. The van der Waals surface area contributed by atoms with Crippen LogP contribution in [0.3, 0.4) is 0 Å². The molecular weight excluding hydrogens is 346 g/mol. The van der Waals surface area contributed by atoms with Crippen molar-refractivity contribution in [3.63, 3.8) is 0 Å². The molecule has 1 aromatic carbocycles. The van der Waals surface area contributed by atoms with Crippen molar-refractivity contribution in [1.29, 1.82) is 0 Å². The van der Waals surface area contributed by atoms with Crippen molar-refractivity contribution in [3.05, 3.63) is 53.7 Å². The number of anilines is 1. The summed E-state index contributed by atoms with van der Waals surface area (Å²) in [6.07, 6.45) is 0.980. The molecule has 2 aromatic rings. The highest BCUT2D eigenvalue weighted by atomic mass is 16.5. The first-order valence-electron chi connectivity index (χ1n) is 8.96. The molecule has 0 fully saturated rings. The van der Waals surface area contributed by atoms with Crippen molar-refractivity contribution >= 4 is 17.7 Å². The molecule has 0 saturated carbocycles. The number of rotatable bonds is 10. The number of benzene rings is 1. The maximum absolute atomic E-state index is 12.1. The number of pyridine rings is 1. The molecule has 0 aliphatic carbocycles. The van der Waals surface area contributed by atoms with E-state index in [9.17, 15) is 9.59 Å². The van der Waals surface area contributed by atoms with E-state index in [0.717, 1.165) is 11.3 Å². The van der Waals surface area contributed by atoms with Crippen LogP contribution in [-0.4, -0.2) is 35.1 Å². The molecule has 144 valence electrons. The molecule has 0 spiro atoms. The largest absolute Gasteiger partial charge is 0.494 e. The minimum absolute atomic E-state index is 0.0121. The number of nitrogens with zero attached hydrogens (tertiary/aromatic N) is 1. The highest BCUT2D eigenvalue weighted by Crippen LogP contribution is 2.17. The van der Waals surface area contributed by atoms with Crippen molar-refractivity contribution in [2.75, 3.05) is 18.5 Å². The molecule has 0 aliphatic rings. The first-order valence-corrected chi connectivity index (χ1v) is 8.96. The third-order valence-electron chi connectivity index (χ3n) is 3.92. The molecule has 1 heterocycles. The van der Waals surface area contributed by atoms with E-state index in [4.69, 9.17) is 9.84 Å². The molecule has 0 saturated heterocycles. The molecule has 0 bridgehead atoms. The minimum atomic E-state index is -1.07. The smallest absolute Gasteiger partial charge is 0.354 e. The highest BCUT2D eigenvalue weighted by Gasteiger charge is 2.10. The number of amides is 1. The lowest BCUT2D eigenvalue weighted by molar-refractivity contribution is -0.121. The van der Waals surface area contributed by atoms with Gasteiger partial charge in [0.15, 0.2) is 5.69 Å². The molecule has 2 rings (SSSR count). The number of carboxylic acid groups (broad SMARTS) is 1. The topological polar surface area (TPSA) is 101 Å². The summed E-state index contributed by atoms with van der Waals surface area (Å²) in [6.45, 7) is 5.02. The first-order chi connectivity index (χ1) is 13.0. The summed E-state index contributed by atoms with van der Waals surface area (Å²) in [5, 5.41) is 14.9. The van der Waals surface area contributed by atoms with E-state index in [1.54, 1.807) is 12.1 Å². The van der Waals surface area contributed by atoms with Gasteiger partial charge in [-0.3, -0.25) is 4.79 Å². The molecule has 7 nitrogen and oxygen atoms in total. The van der Waals surface area contributed by atoms with Gasteiger partial charge in [-0.25, -0.2) is 9.78 Å². The Morgan fingerprint density at radius 3 is 2.59 bits per heavy atom. The fourth-order valence-electron chi connectivity index (χ4n) is 2.53. The van der Waals surface area contributed by atoms with Crippen LogP contribution >= 0.6 is 0 Å². The lowest BCUT2D eigenvalue weighted by atomic mass is 10.1. The Balaban J connectivity index is 1.72. The summed E-state index contributed by atoms with van der Waals surface area (Å²) < 4.78 is 5.41. The number of aromatic nitrogens is 1. The van der Waals surface area contributed by atoms with E-state index < -0.39 is 5.97 Å². The molecule has 0 radical (unpaired) electrons. The van der Waals surface area contributed by atoms with E-state index >= 15 is 0 Å². The number of ether oxygens (including phenoxy) is 1. The van der Waals surface area contributed by atoms with Gasteiger partial charge in [-0.1, -0.05) is 18.2 Å². The average molecular weight is 371 g/mol. The fraction of sp³-hybridized carbons (Fsp3) is 0.350. The van der Waals surface area contributed by atoms with Gasteiger partial charge in [0.2, 0.25) is 5.91 Å². The number of aromatic carboxylic acids is 1. The van der Waals surface area contributed by atoms with E-state index in [0.29, 0.717) is 31.8 Å². The molecule has 3 N–H and O–H groups in total. The maximum atomic E-state index is 12.1. The number of carboxylic acids is 1.